The first-order chi connectivity index (χ1) is 38.0. The number of hydrogen-bond donors (Lipinski definition) is 0. The van der Waals surface area contributed by atoms with Gasteiger partial charge in [-0.15, -0.1) is 0 Å². The quantitative estimate of drug-likeness (QED) is 0.0195. The fourth-order valence-corrected chi connectivity index (χ4v) is 9.16. The zero-order chi connectivity index (χ0) is 57.0. The minimum Gasteiger partial charge on any atom is -0.756 e. The summed E-state index contributed by atoms with van der Waals surface area (Å²) in [4.78, 5) is 38.0. The summed E-state index contributed by atoms with van der Waals surface area (Å²) in [6.45, 7) is 4.08. The molecule has 78 heavy (non-hydrogen) atoms. The molecule has 0 bridgehead atoms. The number of likely N-dealkylation sites (N-methyl/N-ethyl adjacent to an activating group) is 1. The number of phosphoric ester groups is 1. The molecule has 2 atom stereocenters. The van der Waals surface area contributed by atoms with E-state index in [0.717, 1.165) is 89.9 Å². The molecule has 0 N–H and O–H groups in total. The Hall–Kier alpha value is -3.33. The van der Waals surface area contributed by atoms with E-state index in [-0.39, 0.29) is 26.1 Å². The summed E-state index contributed by atoms with van der Waals surface area (Å²) in [5.41, 5.74) is 0. The van der Waals surface area contributed by atoms with Crippen LogP contribution in [0.3, 0.4) is 0 Å². The molecule has 0 rings (SSSR count). The van der Waals surface area contributed by atoms with E-state index < -0.39 is 32.5 Å². The highest BCUT2D eigenvalue weighted by atomic mass is 31.2. The van der Waals surface area contributed by atoms with Crippen molar-refractivity contribution in [3.63, 3.8) is 0 Å². The number of unbranched alkanes of at least 4 members (excludes halogenated alkanes) is 25. The molecule has 0 spiro atoms. The number of quaternary nitrogens is 1. The molecule has 0 aliphatic heterocycles. The second-order valence-electron chi connectivity index (χ2n) is 22.0. The van der Waals surface area contributed by atoms with Crippen molar-refractivity contribution in [2.75, 3.05) is 47.5 Å². The lowest BCUT2D eigenvalue weighted by Crippen LogP contribution is -2.37. The standard InChI is InChI=1S/C68H118NO8P/c1-6-8-10-12-14-16-18-20-22-24-26-28-30-32-33-34-35-37-38-40-42-44-46-48-50-52-54-56-58-60-67(70)74-64-66(65-76-78(72,73)75-63-62-69(3,4)5)77-68(71)61-59-57-55-53-51-49-47-45-43-41-39-36-31-29-27-25-23-21-19-17-15-13-11-9-7-2/h9,11,15,17-18,20-21,23-24,26-27,29,36,39,43,45,49,51,66H,6-8,10,12-14,16,19,22,25,28,30-35,37-38,40-42,44,46-48,50,52-65H2,1-5H3/b11-9-,17-15-,20-18-,23-21-,26-24-,29-27-,39-36-,45-43-,51-49-. The molecule has 0 aromatic rings. The van der Waals surface area contributed by atoms with E-state index in [1.807, 2.05) is 21.1 Å². The fourth-order valence-electron chi connectivity index (χ4n) is 8.43. The van der Waals surface area contributed by atoms with E-state index >= 15 is 0 Å². The molecular weight excluding hydrogens is 990 g/mol. The van der Waals surface area contributed by atoms with Gasteiger partial charge in [0.05, 0.1) is 27.7 Å². The summed E-state index contributed by atoms with van der Waals surface area (Å²) in [7, 11) is 1.13. The molecule has 0 saturated carbocycles. The van der Waals surface area contributed by atoms with E-state index in [1.165, 1.54) is 135 Å². The van der Waals surface area contributed by atoms with Crippen molar-refractivity contribution in [2.45, 2.75) is 264 Å². The second-order valence-corrected chi connectivity index (χ2v) is 23.4. The molecule has 0 aliphatic carbocycles. The van der Waals surface area contributed by atoms with Crippen LogP contribution in [-0.4, -0.2) is 70.0 Å². The normalized spacial score (nSPS) is 14.0. The highest BCUT2D eigenvalue weighted by Crippen LogP contribution is 2.38. The average Bonchev–Trinajstić information content (AvgIpc) is 3.40. The SMILES string of the molecule is CC/C=C\C/C=C\C/C=C\C/C=C\C/C=C\C/C=C\C/C=C\CCCCCC(=O)OC(COC(=O)CCCCCCCCCCCCCCCCCCC/C=C\C/C=C\CCCCCCC)COP(=O)([O-])OCC[N+](C)(C)C. The van der Waals surface area contributed by atoms with E-state index in [1.54, 1.807) is 0 Å². The molecule has 0 amide bonds. The lowest BCUT2D eigenvalue weighted by Gasteiger charge is -2.28. The van der Waals surface area contributed by atoms with Crippen molar-refractivity contribution in [3.05, 3.63) is 109 Å². The van der Waals surface area contributed by atoms with Crippen LogP contribution in [0.1, 0.15) is 258 Å². The lowest BCUT2D eigenvalue weighted by atomic mass is 10.0. The molecule has 9 nitrogen and oxygen atoms in total. The highest BCUT2D eigenvalue weighted by molar-refractivity contribution is 7.45. The van der Waals surface area contributed by atoms with Crippen LogP contribution in [0.5, 0.6) is 0 Å². The van der Waals surface area contributed by atoms with Gasteiger partial charge < -0.3 is 27.9 Å². The van der Waals surface area contributed by atoms with Gasteiger partial charge in [0.2, 0.25) is 0 Å². The van der Waals surface area contributed by atoms with Crippen LogP contribution >= 0.6 is 7.82 Å². The van der Waals surface area contributed by atoms with Gasteiger partial charge in [0.25, 0.3) is 7.82 Å². The molecular formula is C68H118NO8P. The average molecular weight is 1110 g/mol. The van der Waals surface area contributed by atoms with E-state index in [9.17, 15) is 19.0 Å². The lowest BCUT2D eigenvalue weighted by molar-refractivity contribution is -0.870. The van der Waals surface area contributed by atoms with Crippen molar-refractivity contribution < 1.29 is 42.1 Å². The minimum atomic E-state index is -4.66. The first kappa shape index (κ1) is 74.7. The third kappa shape index (κ3) is 61.9. The van der Waals surface area contributed by atoms with Crippen LogP contribution in [0, 0.1) is 0 Å². The maximum absolute atomic E-state index is 12.8. The van der Waals surface area contributed by atoms with Crippen molar-refractivity contribution in [1.29, 1.82) is 0 Å². The predicted molar refractivity (Wildman–Crippen MR) is 332 cm³/mol. The predicted octanol–water partition coefficient (Wildman–Crippen LogP) is 19.5. The zero-order valence-electron chi connectivity index (χ0n) is 50.8. The third-order valence-electron chi connectivity index (χ3n) is 13.3. The summed E-state index contributed by atoms with van der Waals surface area (Å²) >= 11 is 0. The van der Waals surface area contributed by atoms with Gasteiger partial charge in [-0.25, -0.2) is 0 Å². The topological polar surface area (TPSA) is 111 Å². The number of esters is 2. The van der Waals surface area contributed by atoms with Gasteiger partial charge in [0, 0.05) is 12.8 Å². The van der Waals surface area contributed by atoms with Crippen LogP contribution in [0.25, 0.3) is 0 Å². The van der Waals surface area contributed by atoms with Gasteiger partial charge >= 0.3 is 11.9 Å². The summed E-state index contributed by atoms with van der Waals surface area (Å²) < 4.78 is 34.2. The minimum absolute atomic E-state index is 0.0427. The number of allylic oxidation sites excluding steroid dienone is 18. The molecule has 0 aromatic carbocycles. The third-order valence-corrected chi connectivity index (χ3v) is 14.2. The fraction of sp³-hybridized carbons (Fsp3) is 0.706. The molecule has 0 fully saturated rings. The maximum atomic E-state index is 12.8. The van der Waals surface area contributed by atoms with Gasteiger partial charge in [0.1, 0.15) is 19.8 Å². The van der Waals surface area contributed by atoms with Crippen LogP contribution in [-0.2, 0) is 32.7 Å². The molecule has 0 aliphatic rings. The Morgan fingerprint density at radius 1 is 0.410 bits per heavy atom. The second kappa shape index (κ2) is 58.3. The number of phosphoric acid groups is 1. The van der Waals surface area contributed by atoms with Gasteiger partial charge in [-0.3, -0.25) is 14.2 Å². The van der Waals surface area contributed by atoms with Crippen LogP contribution in [0.15, 0.2) is 109 Å². The van der Waals surface area contributed by atoms with Crippen LogP contribution in [0.4, 0.5) is 0 Å². The van der Waals surface area contributed by atoms with Crippen molar-refractivity contribution in [2.24, 2.45) is 0 Å². The molecule has 10 heteroatoms. The van der Waals surface area contributed by atoms with Crippen molar-refractivity contribution in [3.8, 4) is 0 Å². The number of rotatable bonds is 57. The summed E-state index contributed by atoms with van der Waals surface area (Å²) in [5.74, 6) is -0.872. The Kier molecular flexibility index (Phi) is 55.8. The van der Waals surface area contributed by atoms with Gasteiger partial charge in [0.15, 0.2) is 6.10 Å². The first-order valence-corrected chi connectivity index (χ1v) is 33.1. The van der Waals surface area contributed by atoms with Crippen molar-refractivity contribution >= 4 is 19.8 Å². The Bertz CT molecular complexity index is 1680. The number of nitrogens with zero attached hydrogens (tertiary/aromatic N) is 1. The summed E-state index contributed by atoms with van der Waals surface area (Å²) in [6, 6.07) is 0. The summed E-state index contributed by atoms with van der Waals surface area (Å²) in [6.07, 6.45) is 81.5. The van der Waals surface area contributed by atoms with E-state index in [2.05, 4.69) is 123 Å². The largest absolute Gasteiger partial charge is 0.756 e. The molecule has 0 radical (unpaired) electrons. The van der Waals surface area contributed by atoms with E-state index in [0.29, 0.717) is 17.4 Å². The Balaban J connectivity index is 4.18. The Morgan fingerprint density at radius 3 is 1.10 bits per heavy atom. The molecule has 0 saturated heterocycles. The number of carbonyl (C=O) groups excluding carboxylic acids is 2. The maximum Gasteiger partial charge on any atom is 0.306 e. The van der Waals surface area contributed by atoms with Gasteiger partial charge in [-0.1, -0.05) is 252 Å². The smallest absolute Gasteiger partial charge is 0.306 e. The van der Waals surface area contributed by atoms with Gasteiger partial charge in [-0.05, 0) is 103 Å². The zero-order valence-corrected chi connectivity index (χ0v) is 51.7. The molecule has 0 aromatic heterocycles. The molecule has 0 heterocycles. The van der Waals surface area contributed by atoms with Crippen molar-refractivity contribution in [1.82, 2.24) is 0 Å². The Labute approximate surface area is 480 Å². The molecule has 2 unspecified atom stereocenters. The van der Waals surface area contributed by atoms with Crippen LogP contribution in [0.2, 0.25) is 0 Å². The monoisotopic (exact) mass is 1110 g/mol. The highest BCUT2D eigenvalue weighted by Gasteiger charge is 2.22. The molecule has 448 valence electrons. The number of ether oxygens (including phenoxy) is 2. The number of hydrogen-bond acceptors (Lipinski definition) is 8. The van der Waals surface area contributed by atoms with E-state index in [4.69, 9.17) is 18.5 Å². The first-order valence-electron chi connectivity index (χ1n) is 31.6. The summed E-state index contributed by atoms with van der Waals surface area (Å²) in [5, 5.41) is 0. The van der Waals surface area contributed by atoms with Crippen LogP contribution < -0.4 is 4.89 Å². The van der Waals surface area contributed by atoms with Gasteiger partial charge in [-0.2, -0.15) is 0 Å². The Morgan fingerprint density at radius 2 is 0.731 bits per heavy atom. The number of carbonyl (C=O) groups is 2.